The van der Waals surface area contributed by atoms with E-state index in [2.05, 4.69) is 13.2 Å². The second kappa shape index (κ2) is 12.7. The van der Waals surface area contributed by atoms with Crippen molar-refractivity contribution in [1.29, 1.82) is 0 Å². The van der Waals surface area contributed by atoms with Gasteiger partial charge in [0.1, 0.15) is 13.2 Å². The fourth-order valence-corrected chi connectivity index (χ4v) is 4.29. The van der Waals surface area contributed by atoms with E-state index in [0.717, 1.165) is 37.5 Å². The van der Waals surface area contributed by atoms with Crippen LogP contribution < -0.4 is 0 Å². The summed E-state index contributed by atoms with van der Waals surface area (Å²) in [5.74, 6) is 0.773. The Morgan fingerprint density at radius 3 is 1.32 bits per heavy atom. The minimum Gasteiger partial charge on any atom is -0.460 e. The van der Waals surface area contributed by atoms with E-state index < -0.39 is 11.9 Å². The van der Waals surface area contributed by atoms with Crippen molar-refractivity contribution in [3.8, 4) is 0 Å². The molecule has 6 heteroatoms. The zero-order valence-corrected chi connectivity index (χ0v) is 16.8. The highest BCUT2D eigenvalue weighted by Crippen LogP contribution is 2.39. The summed E-state index contributed by atoms with van der Waals surface area (Å²) in [4.78, 5) is 22.0. The van der Waals surface area contributed by atoms with E-state index >= 15 is 0 Å². The molecule has 0 aromatic heterocycles. The summed E-state index contributed by atoms with van der Waals surface area (Å²) >= 11 is 0. The van der Waals surface area contributed by atoms with Crippen LogP contribution in [0.2, 0.25) is 0 Å². The van der Waals surface area contributed by atoms with Crippen LogP contribution >= 0.6 is 0 Å². The molecule has 0 bridgehead atoms. The number of carbonyl (C=O) groups excluding carboxylic acids is 2. The normalized spacial score (nSPS) is 27.6. The molecule has 2 rings (SSSR count). The molecule has 0 unspecified atom stereocenters. The van der Waals surface area contributed by atoms with Crippen LogP contribution in [0.4, 0.5) is 0 Å². The molecule has 0 amide bonds. The predicted molar refractivity (Wildman–Crippen MR) is 106 cm³/mol. The molecule has 2 aliphatic rings. The maximum atomic E-state index is 11.0. The quantitative estimate of drug-likeness (QED) is 0.303. The fraction of sp³-hybridized carbons (Fsp3) is 0.727. The molecule has 6 nitrogen and oxygen atoms in total. The Bertz CT molecular complexity index is 455. The molecule has 2 fully saturated rings. The second-order valence-electron chi connectivity index (χ2n) is 7.56. The Balaban J connectivity index is 1.53. The Labute approximate surface area is 168 Å². The van der Waals surface area contributed by atoms with Crippen molar-refractivity contribution in [1.82, 2.24) is 0 Å². The minimum absolute atomic E-state index is 0.289. The number of hydrogen-bond donors (Lipinski definition) is 0. The van der Waals surface area contributed by atoms with Gasteiger partial charge in [-0.2, -0.15) is 0 Å². The van der Waals surface area contributed by atoms with E-state index in [1.54, 1.807) is 0 Å². The Morgan fingerprint density at radius 1 is 0.643 bits per heavy atom. The molecule has 0 spiro atoms. The van der Waals surface area contributed by atoms with Crippen LogP contribution in [-0.2, 0) is 28.5 Å². The van der Waals surface area contributed by atoms with Gasteiger partial charge in [-0.3, -0.25) is 0 Å². The van der Waals surface area contributed by atoms with Gasteiger partial charge in [0.2, 0.25) is 0 Å². The Morgan fingerprint density at radius 2 is 1.00 bits per heavy atom. The molecule has 0 aromatic carbocycles. The molecule has 0 aliphatic heterocycles. The van der Waals surface area contributed by atoms with Crippen molar-refractivity contribution in [2.24, 2.45) is 11.8 Å². The lowest BCUT2D eigenvalue weighted by atomic mass is 9.72. The summed E-state index contributed by atoms with van der Waals surface area (Å²) < 4.78 is 21.6. The van der Waals surface area contributed by atoms with E-state index in [-0.39, 0.29) is 12.2 Å². The van der Waals surface area contributed by atoms with Gasteiger partial charge in [0.05, 0.1) is 25.4 Å². The zero-order chi connectivity index (χ0) is 20.2. The van der Waals surface area contributed by atoms with Crippen LogP contribution in [0, 0.1) is 11.8 Å². The molecule has 2 saturated carbocycles. The molecule has 0 N–H and O–H groups in total. The number of rotatable bonds is 11. The molecule has 0 radical (unpaired) electrons. The van der Waals surface area contributed by atoms with Gasteiger partial charge < -0.3 is 18.9 Å². The zero-order valence-electron chi connectivity index (χ0n) is 16.8. The summed E-state index contributed by atoms with van der Waals surface area (Å²) in [5.41, 5.74) is 0. The van der Waals surface area contributed by atoms with Crippen molar-refractivity contribution < 1.29 is 28.5 Å². The standard InChI is InChI=1S/C22H34O6/c1-3-21(23)27-15-13-25-19-9-5-17(6-10-19)18-7-11-20(12-8-18)26-14-16-28-22(24)4-2/h3-4,17-20H,1-2,5-16H2. The topological polar surface area (TPSA) is 71.1 Å². The third kappa shape index (κ3) is 8.15. The van der Waals surface area contributed by atoms with Gasteiger partial charge in [-0.15, -0.1) is 0 Å². The van der Waals surface area contributed by atoms with Crippen LogP contribution in [0.15, 0.2) is 25.3 Å². The van der Waals surface area contributed by atoms with Crippen molar-refractivity contribution in [3.63, 3.8) is 0 Å². The van der Waals surface area contributed by atoms with Crippen molar-refractivity contribution in [2.45, 2.75) is 63.6 Å². The van der Waals surface area contributed by atoms with Gasteiger partial charge >= 0.3 is 11.9 Å². The molecule has 158 valence electrons. The van der Waals surface area contributed by atoms with Gasteiger partial charge in [0, 0.05) is 12.2 Å². The molecule has 0 heterocycles. The highest BCUT2D eigenvalue weighted by molar-refractivity contribution is 5.81. The minimum atomic E-state index is -0.398. The highest BCUT2D eigenvalue weighted by atomic mass is 16.6. The van der Waals surface area contributed by atoms with Crippen LogP contribution in [-0.4, -0.2) is 50.6 Å². The average molecular weight is 395 g/mol. The van der Waals surface area contributed by atoms with Crippen molar-refractivity contribution in [2.75, 3.05) is 26.4 Å². The van der Waals surface area contributed by atoms with Gasteiger partial charge in [-0.05, 0) is 63.2 Å². The molecular weight excluding hydrogens is 360 g/mol. The van der Waals surface area contributed by atoms with E-state index in [1.165, 1.54) is 37.8 Å². The number of esters is 2. The lowest BCUT2D eigenvalue weighted by molar-refractivity contribution is -0.141. The van der Waals surface area contributed by atoms with Gasteiger partial charge in [-0.25, -0.2) is 9.59 Å². The summed E-state index contributed by atoms with van der Waals surface area (Å²) in [6.07, 6.45) is 12.1. The molecule has 28 heavy (non-hydrogen) atoms. The van der Waals surface area contributed by atoms with Gasteiger partial charge in [-0.1, -0.05) is 13.2 Å². The van der Waals surface area contributed by atoms with E-state index in [4.69, 9.17) is 18.9 Å². The average Bonchev–Trinajstić information content (AvgIpc) is 2.74. The van der Waals surface area contributed by atoms with Crippen LogP contribution in [0.3, 0.4) is 0 Å². The summed E-state index contributed by atoms with van der Waals surface area (Å²) in [6, 6.07) is 0. The van der Waals surface area contributed by atoms with Crippen LogP contribution in [0.1, 0.15) is 51.4 Å². The van der Waals surface area contributed by atoms with Crippen molar-refractivity contribution in [3.05, 3.63) is 25.3 Å². The largest absolute Gasteiger partial charge is 0.460 e. The van der Waals surface area contributed by atoms with E-state index in [1.807, 2.05) is 0 Å². The van der Waals surface area contributed by atoms with Crippen LogP contribution in [0.25, 0.3) is 0 Å². The number of ether oxygens (including phenoxy) is 4. The Hall–Kier alpha value is -1.66. The first kappa shape index (κ1) is 22.6. The first-order valence-corrected chi connectivity index (χ1v) is 10.4. The number of carbonyl (C=O) groups is 2. The predicted octanol–water partition coefficient (Wildman–Crippen LogP) is 3.60. The fourth-order valence-electron chi connectivity index (χ4n) is 4.29. The summed E-state index contributed by atoms with van der Waals surface area (Å²) in [5, 5.41) is 0. The monoisotopic (exact) mass is 394 g/mol. The summed E-state index contributed by atoms with van der Waals surface area (Å²) in [6.45, 7) is 8.24. The maximum Gasteiger partial charge on any atom is 0.330 e. The SMILES string of the molecule is C=CC(=O)OCCOC1CCC(C2CCC(OCCOC(=O)C=C)CC2)CC1. The smallest absolute Gasteiger partial charge is 0.330 e. The van der Waals surface area contributed by atoms with Crippen molar-refractivity contribution >= 4 is 11.9 Å². The number of hydrogen-bond acceptors (Lipinski definition) is 6. The third-order valence-electron chi connectivity index (χ3n) is 5.80. The van der Waals surface area contributed by atoms with Gasteiger partial charge in [0.15, 0.2) is 0 Å². The molecule has 0 saturated heterocycles. The first-order valence-electron chi connectivity index (χ1n) is 10.4. The Kier molecular flexibility index (Phi) is 10.3. The highest BCUT2D eigenvalue weighted by Gasteiger charge is 2.31. The molecular formula is C22H34O6. The van der Waals surface area contributed by atoms with E-state index in [0.29, 0.717) is 26.4 Å². The lowest BCUT2D eigenvalue weighted by Gasteiger charge is -2.37. The lowest BCUT2D eigenvalue weighted by Crippen LogP contribution is -2.31. The third-order valence-corrected chi connectivity index (χ3v) is 5.80. The summed E-state index contributed by atoms with van der Waals surface area (Å²) in [7, 11) is 0. The van der Waals surface area contributed by atoms with Crippen LogP contribution in [0.5, 0.6) is 0 Å². The van der Waals surface area contributed by atoms with E-state index in [9.17, 15) is 9.59 Å². The molecule has 2 aliphatic carbocycles. The second-order valence-corrected chi connectivity index (χ2v) is 7.56. The van der Waals surface area contributed by atoms with Gasteiger partial charge in [0.25, 0.3) is 0 Å². The first-order chi connectivity index (χ1) is 13.6. The molecule has 0 atom stereocenters. The maximum absolute atomic E-state index is 11.0. The molecule has 0 aromatic rings.